The Morgan fingerprint density at radius 1 is 1.43 bits per heavy atom. The normalized spacial score (nSPS) is 15.8. The van der Waals surface area contributed by atoms with E-state index >= 15 is 0 Å². The van der Waals surface area contributed by atoms with E-state index in [1.54, 1.807) is 0 Å². The highest BCUT2D eigenvalue weighted by molar-refractivity contribution is 9.10. The molecule has 1 aromatic heterocycles. The van der Waals surface area contributed by atoms with Gasteiger partial charge < -0.3 is 9.88 Å². The van der Waals surface area contributed by atoms with Crippen LogP contribution in [-0.4, -0.2) is 10.5 Å². The largest absolute Gasteiger partial charge is 0.344 e. The van der Waals surface area contributed by atoms with Crippen molar-refractivity contribution in [3.63, 3.8) is 0 Å². The van der Waals surface area contributed by atoms with E-state index in [-0.39, 0.29) is 11.9 Å². The SMILES string of the molecule is CC(NC(=O)c1cc(Br)cn1C1CC1)c1cccc(Cl)c1. The summed E-state index contributed by atoms with van der Waals surface area (Å²) >= 11 is 9.45. The monoisotopic (exact) mass is 366 g/mol. The van der Waals surface area contributed by atoms with Crippen molar-refractivity contribution in [1.29, 1.82) is 0 Å². The zero-order valence-corrected chi connectivity index (χ0v) is 14.0. The lowest BCUT2D eigenvalue weighted by Gasteiger charge is -2.15. The highest BCUT2D eigenvalue weighted by Crippen LogP contribution is 2.37. The van der Waals surface area contributed by atoms with Gasteiger partial charge in [0, 0.05) is 21.7 Å². The highest BCUT2D eigenvalue weighted by Gasteiger charge is 2.28. The minimum atomic E-state index is -0.0856. The second-order valence-electron chi connectivity index (χ2n) is 5.43. The maximum Gasteiger partial charge on any atom is 0.268 e. The minimum Gasteiger partial charge on any atom is -0.344 e. The van der Waals surface area contributed by atoms with Gasteiger partial charge >= 0.3 is 0 Å². The molecule has 1 aliphatic rings. The molecule has 1 aliphatic carbocycles. The first-order chi connectivity index (χ1) is 10.0. The third-order valence-corrected chi connectivity index (χ3v) is 4.35. The number of nitrogens with zero attached hydrogens (tertiary/aromatic N) is 1. The van der Waals surface area contributed by atoms with Crippen molar-refractivity contribution in [3.8, 4) is 0 Å². The van der Waals surface area contributed by atoms with Crippen LogP contribution in [0.1, 0.15) is 47.9 Å². The van der Waals surface area contributed by atoms with E-state index in [4.69, 9.17) is 11.6 Å². The van der Waals surface area contributed by atoms with Gasteiger partial charge in [-0.1, -0.05) is 23.7 Å². The fourth-order valence-electron chi connectivity index (χ4n) is 2.41. The van der Waals surface area contributed by atoms with Crippen molar-refractivity contribution in [2.45, 2.75) is 31.8 Å². The molecule has 0 radical (unpaired) electrons. The number of carbonyl (C=O) groups excluding carboxylic acids is 1. The Balaban J connectivity index is 1.77. The first-order valence-electron chi connectivity index (χ1n) is 6.98. The molecule has 1 atom stereocenters. The molecule has 1 saturated carbocycles. The van der Waals surface area contributed by atoms with E-state index in [0.29, 0.717) is 16.8 Å². The zero-order valence-electron chi connectivity index (χ0n) is 11.6. The van der Waals surface area contributed by atoms with Crippen LogP contribution in [0.2, 0.25) is 5.02 Å². The minimum absolute atomic E-state index is 0.0555. The van der Waals surface area contributed by atoms with Crippen LogP contribution in [0.4, 0.5) is 0 Å². The lowest BCUT2D eigenvalue weighted by Crippen LogP contribution is -2.28. The molecule has 3 rings (SSSR count). The van der Waals surface area contributed by atoms with Crippen LogP contribution in [0.5, 0.6) is 0 Å². The van der Waals surface area contributed by atoms with Crippen LogP contribution in [0.15, 0.2) is 41.0 Å². The molecule has 1 unspecified atom stereocenters. The van der Waals surface area contributed by atoms with Crippen LogP contribution >= 0.6 is 27.5 Å². The predicted molar refractivity (Wildman–Crippen MR) is 87.7 cm³/mol. The van der Waals surface area contributed by atoms with Gasteiger partial charge in [0.15, 0.2) is 0 Å². The highest BCUT2D eigenvalue weighted by atomic mass is 79.9. The summed E-state index contributed by atoms with van der Waals surface area (Å²) in [5.74, 6) is -0.0555. The average molecular weight is 368 g/mol. The smallest absolute Gasteiger partial charge is 0.268 e. The lowest BCUT2D eigenvalue weighted by molar-refractivity contribution is 0.0930. The van der Waals surface area contributed by atoms with E-state index in [1.165, 1.54) is 0 Å². The quantitative estimate of drug-likeness (QED) is 0.833. The van der Waals surface area contributed by atoms with E-state index < -0.39 is 0 Å². The number of rotatable bonds is 4. The van der Waals surface area contributed by atoms with Gasteiger partial charge in [-0.25, -0.2) is 0 Å². The Labute approximate surface area is 137 Å². The van der Waals surface area contributed by atoms with Gasteiger partial charge in [-0.3, -0.25) is 4.79 Å². The molecular weight excluding hydrogens is 352 g/mol. The first-order valence-corrected chi connectivity index (χ1v) is 8.15. The van der Waals surface area contributed by atoms with Crippen LogP contribution < -0.4 is 5.32 Å². The van der Waals surface area contributed by atoms with Gasteiger partial charge in [0.2, 0.25) is 0 Å². The van der Waals surface area contributed by atoms with Gasteiger partial charge in [-0.05, 0) is 59.5 Å². The van der Waals surface area contributed by atoms with Gasteiger partial charge in [0.25, 0.3) is 5.91 Å². The van der Waals surface area contributed by atoms with Crippen molar-refractivity contribution in [2.75, 3.05) is 0 Å². The molecule has 0 bridgehead atoms. The van der Waals surface area contributed by atoms with Crippen LogP contribution in [0.3, 0.4) is 0 Å². The molecule has 5 heteroatoms. The number of aromatic nitrogens is 1. The molecule has 1 aromatic carbocycles. The number of hydrogen-bond donors (Lipinski definition) is 1. The molecular formula is C16H16BrClN2O. The van der Waals surface area contributed by atoms with Crippen molar-refractivity contribution >= 4 is 33.4 Å². The number of amides is 1. The average Bonchev–Trinajstić information content (AvgIpc) is 3.21. The second-order valence-corrected chi connectivity index (χ2v) is 6.78. The summed E-state index contributed by atoms with van der Waals surface area (Å²) in [5, 5.41) is 3.72. The first kappa shape index (κ1) is 14.7. The van der Waals surface area contributed by atoms with Crippen molar-refractivity contribution < 1.29 is 4.79 Å². The standard InChI is InChI=1S/C16H16BrClN2O/c1-10(11-3-2-4-13(18)7-11)19-16(21)15-8-12(17)9-20(15)14-5-6-14/h2-4,7-10,14H,5-6H2,1H3,(H,19,21). The van der Waals surface area contributed by atoms with Gasteiger partial charge in [-0.2, -0.15) is 0 Å². The van der Waals surface area contributed by atoms with Crippen molar-refractivity contribution in [3.05, 3.63) is 57.3 Å². The summed E-state index contributed by atoms with van der Waals surface area (Å²) in [6.07, 6.45) is 4.27. The van der Waals surface area contributed by atoms with Crippen LogP contribution in [0.25, 0.3) is 0 Å². The lowest BCUT2D eigenvalue weighted by atomic mass is 10.1. The van der Waals surface area contributed by atoms with Crippen molar-refractivity contribution in [2.24, 2.45) is 0 Å². The maximum absolute atomic E-state index is 12.5. The van der Waals surface area contributed by atoms with E-state index in [0.717, 1.165) is 22.9 Å². The van der Waals surface area contributed by atoms with E-state index in [1.807, 2.05) is 43.5 Å². The van der Waals surface area contributed by atoms with Gasteiger partial charge in [0.1, 0.15) is 5.69 Å². The molecule has 1 N–H and O–H groups in total. The molecule has 0 aliphatic heterocycles. The molecule has 1 fully saturated rings. The third-order valence-electron chi connectivity index (χ3n) is 3.68. The summed E-state index contributed by atoms with van der Waals surface area (Å²) in [6, 6.07) is 9.82. The number of hydrogen-bond acceptors (Lipinski definition) is 1. The van der Waals surface area contributed by atoms with Gasteiger partial charge in [0.05, 0.1) is 6.04 Å². The fraction of sp³-hybridized carbons (Fsp3) is 0.312. The van der Waals surface area contributed by atoms with Gasteiger partial charge in [-0.15, -0.1) is 0 Å². The Bertz CT molecular complexity index is 679. The molecule has 2 aromatic rings. The zero-order chi connectivity index (χ0) is 15.0. The predicted octanol–water partition coefficient (Wildman–Crippen LogP) is 4.73. The Morgan fingerprint density at radius 2 is 2.19 bits per heavy atom. The third kappa shape index (κ3) is 3.33. The molecule has 3 nitrogen and oxygen atoms in total. The number of carbonyl (C=O) groups is 1. The summed E-state index contributed by atoms with van der Waals surface area (Å²) in [4.78, 5) is 12.5. The second kappa shape index (κ2) is 5.85. The van der Waals surface area contributed by atoms with E-state index in [2.05, 4.69) is 25.8 Å². The Hall–Kier alpha value is -1.26. The molecule has 0 saturated heterocycles. The number of nitrogens with one attached hydrogen (secondary N) is 1. The Morgan fingerprint density at radius 3 is 2.86 bits per heavy atom. The molecule has 0 spiro atoms. The van der Waals surface area contributed by atoms with Crippen molar-refractivity contribution in [1.82, 2.24) is 9.88 Å². The number of halogens is 2. The molecule has 110 valence electrons. The summed E-state index contributed by atoms with van der Waals surface area (Å²) < 4.78 is 3.00. The topological polar surface area (TPSA) is 34.0 Å². The summed E-state index contributed by atoms with van der Waals surface area (Å²) in [6.45, 7) is 1.96. The maximum atomic E-state index is 12.5. The molecule has 21 heavy (non-hydrogen) atoms. The van der Waals surface area contributed by atoms with E-state index in [9.17, 15) is 4.79 Å². The van der Waals surface area contributed by atoms with Crippen LogP contribution in [-0.2, 0) is 0 Å². The molecule has 1 heterocycles. The summed E-state index contributed by atoms with van der Waals surface area (Å²) in [5.41, 5.74) is 1.71. The summed E-state index contributed by atoms with van der Waals surface area (Å²) in [7, 11) is 0. The molecule has 1 amide bonds. The Kier molecular flexibility index (Phi) is 4.09. The fourth-order valence-corrected chi connectivity index (χ4v) is 3.05. The number of benzene rings is 1. The van der Waals surface area contributed by atoms with Crippen LogP contribution in [0, 0.1) is 0 Å².